The topological polar surface area (TPSA) is 64.8 Å². The van der Waals surface area contributed by atoms with Crippen molar-refractivity contribution in [2.45, 2.75) is 73.0 Å². The van der Waals surface area contributed by atoms with Crippen molar-refractivity contribution in [2.75, 3.05) is 26.2 Å². The maximum absolute atomic E-state index is 12.1. The Labute approximate surface area is 141 Å². The Morgan fingerprint density at radius 1 is 1.04 bits per heavy atom. The molecule has 1 amide bonds. The Morgan fingerprint density at radius 2 is 1.57 bits per heavy atom. The molecule has 1 heterocycles. The Hall–Kier alpha value is -0.810. The molecule has 136 valence electrons. The van der Waals surface area contributed by atoms with Gasteiger partial charge in [-0.25, -0.2) is 4.79 Å². The maximum Gasteiger partial charge on any atom is 0.410 e. The van der Waals surface area contributed by atoms with Crippen molar-refractivity contribution < 1.29 is 14.3 Å². The first-order valence-corrected chi connectivity index (χ1v) is 8.67. The maximum atomic E-state index is 12.1. The molecule has 0 aliphatic carbocycles. The van der Waals surface area contributed by atoms with Crippen LogP contribution in [-0.2, 0) is 9.47 Å². The quantitative estimate of drug-likeness (QED) is 0.840. The molecule has 0 bridgehead atoms. The summed E-state index contributed by atoms with van der Waals surface area (Å²) in [5.41, 5.74) is 5.50. The van der Waals surface area contributed by atoms with Gasteiger partial charge in [0.2, 0.25) is 0 Å². The fraction of sp³-hybridized carbons (Fsp3) is 0.944. The summed E-state index contributed by atoms with van der Waals surface area (Å²) in [7, 11) is 0. The molecule has 0 radical (unpaired) electrons. The average Bonchev–Trinajstić information content (AvgIpc) is 2.43. The minimum atomic E-state index is -0.442. The summed E-state index contributed by atoms with van der Waals surface area (Å²) in [5.74, 6) is 0. The van der Waals surface area contributed by atoms with Gasteiger partial charge < -0.3 is 20.1 Å². The Morgan fingerprint density at radius 3 is 2.00 bits per heavy atom. The lowest BCUT2D eigenvalue weighted by atomic mass is 9.68. The van der Waals surface area contributed by atoms with Gasteiger partial charge in [0.15, 0.2) is 0 Å². The molecular formula is C18H36N2O3. The van der Waals surface area contributed by atoms with Crippen LogP contribution in [-0.4, -0.2) is 48.9 Å². The van der Waals surface area contributed by atoms with E-state index >= 15 is 0 Å². The van der Waals surface area contributed by atoms with Crippen LogP contribution in [0.2, 0.25) is 0 Å². The van der Waals surface area contributed by atoms with Crippen molar-refractivity contribution in [3.63, 3.8) is 0 Å². The van der Waals surface area contributed by atoms with E-state index in [1.165, 1.54) is 0 Å². The Bertz CT molecular complexity index is 392. The molecule has 1 aliphatic heterocycles. The van der Waals surface area contributed by atoms with E-state index in [2.05, 4.69) is 27.7 Å². The van der Waals surface area contributed by atoms with Crippen molar-refractivity contribution in [1.29, 1.82) is 0 Å². The summed E-state index contributed by atoms with van der Waals surface area (Å²) in [6, 6.07) is 0. The zero-order valence-electron chi connectivity index (χ0n) is 16.1. The molecule has 0 spiro atoms. The van der Waals surface area contributed by atoms with E-state index in [1.54, 1.807) is 4.90 Å². The van der Waals surface area contributed by atoms with E-state index < -0.39 is 5.60 Å². The number of rotatable bonds is 5. The van der Waals surface area contributed by atoms with Gasteiger partial charge in [0.05, 0.1) is 12.7 Å². The third-order valence-electron chi connectivity index (χ3n) is 5.12. The largest absolute Gasteiger partial charge is 0.444 e. The highest BCUT2D eigenvalue weighted by Gasteiger charge is 2.37. The number of nitrogens with zero attached hydrogens (tertiary/aromatic N) is 1. The summed E-state index contributed by atoms with van der Waals surface area (Å²) in [6.45, 7) is 17.2. The van der Waals surface area contributed by atoms with Crippen LogP contribution in [0.1, 0.15) is 61.3 Å². The number of likely N-dealkylation sites (tertiary alicyclic amines) is 1. The molecule has 0 aromatic rings. The highest BCUT2D eigenvalue weighted by molar-refractivity contribution is 5.68. The smallest absolute Gasteiger partial charge is 0.410 e. The number of carbonyl (C=O) groups excluding carboxylic acids is 1. The zero-order chi connectivity index (χ0) is 17.9. The van der Waals surface area contributed by atoms with Crippen molar-refractivity contribution in [3.05, 3.63) is 0 Å². The van der Waals surface area contributed by atoms with Crippen molar-refractivity contribution in [2.24, 2.45) is 16.6 Å². The van der Waals surface area contributed by atoms with Crippen LogP contribution in [0.25, 0.3) is 0 Å². The number of ether oxygens (including phenoxy) is 2. The number of hydrogen-bond acceptors (Lipinski definition) is 4. The van der Waals surface area contributed by atoms with Crippen molar-refractivity contribution in [3.8, 4) is 0 Å². The number of nitrogens with two attached hydrogens (primary N) is 1. The average molecular weight is 328 g/mol. The molecule has 0 saturated carbocycles. The van der Waals surface area contributed by atoms with Crippen LogP contribution in [0, 0.1) is 10.8 Å². The third-order valence-corrected chi connectivity index (χ3v) is 5.12. The minimum Gasteiger partial charge on any atom is -0.444 e. The SMILES string of the molecule is CC(C)(C)OC(=O)N1CCC(OCC(C)(C)C(C)(C)CN)CC1. The predicted molar refractivity (Wildman–Crippen MR) is 93.4 cm³/mol. The number of piperidine rings is 1. The van der Waals surface area contributed by atoms with Crippen LogP contribution < -0.4 is 5.73 Å². The summed E-state index contributed by atoms with van der Waals surface area (Å²) in [6.07, 6.45) is 1.71. The first-order chi connectivity index (χ1) is 10.4. The lowest BCUT2D eigenvalue weighted by Crippen LogP contribution is -2.46. The van der Waals surface area contributed by atoms with Crippen LogP contribution in [0.15, 0.2) is 0 Å². The molecular weight excluding hydrogens is 292 g/mol. The lowest BCUT2D eigenvalue weighted by molar-refractivity contribution is -0.0627. The standard InChI is InChI=1S/C18H36N2O3/c1-16(2,3)23-15(21)20-10-8-14(9-11-20)22-13-18(6,7)17(4,5)12-19/h14H,8-13,19H2,1-7H3. The molecule has 1 fully saturated rings. The number of carbonyl (C=O) groups is 1. The summed E-state index contributed by atoms with van der Waals surface area (Å²) >= 11 is 0. The van der Waals surface area contributed by atoms with Gasteiger partial charge in [0.25, 0.3) is 0 Å². The summed E-state index contributed by atoms with van der Waals surface area (Å²) in [5, 5.41) is 0. The fourth-order valence-corrected chi connectivity index (χ4v) is 2.33. The van der Waals surface area contributed by atoms with E-state index in [1.807, 2.05) is 20.8 Å². The predicted octanol–water partition coefficient (Wildman–Crippen LogP) is 3.41. The van der Waals surface area contributed by atoms with Crippen LogP contribution in [0.5, 0.6) is 0 Å². The van der Waals surface area contributed by atoms with Gasteiger partial charge in [-0.15, -0.1) is 0 Å². The first-order valence-electron chi connectivity index (χ1n) is 8.67. The highest BCUT2D eigenvalue weighted by atomic mass is 16.6. The van der Waals surface area contributed by atoms with E-state index in [4.69, 9.17) is 15.2 Å². The Balaban J connectivity index is 2.41. The molecule has 0 atom stereocenters. The van der Waals surface area contributed by atoms with E-state index in [9.17, 15) is 4.79 Å². The van der Waals surface area contributed by atoms with Gasteiger partial charge in [-0.1, -0.05) is 27.7 Å². The minimum absolute atomic E-state index is 0.0179. The molecule has 1 rings (SSSR count). The second kappa shape index (κ2) is 7.39. The second-order valence-corrected chi connectivity index (χ2v) is 8.95. The monoisotopic (exact) mass is 328 g/mol. The first kappa shape index (κ1) is 20.2. The van der Waals surface area contributed by atoms with E-state index in [-0.39, 0.29) is 23.0 Å². The molecule has 23 heavy (non-hydrogen) atoms. The lowest BCUT2D eigenvalue weighted by Gasteiger charge is -2.42. The molecule has 5 heteroatoms. The van der Waals surface area contributed by atoms with Gasteiger partial charge in [0.1, 0.15) is 5.60 Å². The van der Waals surface area contributed by atoms with Gasteiger partial charge in [0, 0.05) is 13.1 Å². The van der Waals surface area contributed by atoms with Gasteiger partial charge in [-0.05, 0) is 51.0 Å². The molecule has 1 saturated heterocycles. The van der Waals surface area contributed by atoms with Crippen LogP contribution in [0.4, 0.5) is 4.79 Å². The van der Waals surface area contributed by atoms with E-state index in [0.29, 0.717) is 26.2 Å². The van der Waals surface area contributed by atoms with Crippen LogP contribution in [0.3, 0.4) is 0 Å². The summed E-state index contributed by atoms with van der Waals surface area (Å²) in [4.78, 5) is 13.8. The molecule has 0 aromatic carbocycles. The van der Waals surface area contributed by atoms with Gasteiger partial charge in [-0.3, -0.25) is 0 Å². The fourth-order valence-electron chi connectivity index (χ4n) is 2.33. The van der Waals surface area contributed by atoms with Crippen molar-refractivity contribution in [1.82, 2.24) is 4.90 Å². The van der Waals surface area contributed by atoms with Gasteiger partial charge in [-0.2, -0.15) is 0 Å². The normalized spacial score (nSPS) is 18.2. The zero-order valence-corrected chi connectivity index (χ0v) is 16.1. The van der Waals surface area contributed by atoms with Crippen LogP contribution >= 0.6 is 0 Å². The molecule has 2 N–H and O–H groups in total. The second-order valence-electron chi connectivity index (χ2n) is 8.95. The molecule has 5 nitrogen and oxygen atoms in total. The molecule has 1 aliphatic rings. The number of hydrogen-bond donors (Lipinski definition) is 1. The van der Waals surface area contributed by atoms with E-state index in [0.717, 1.165) is 12.8 Å². The number of amides is 1. The third kappa shape index (κ3) is 5.96. The van der Waals surface area contributed by atoms with Gasteiger partial charge >= 0.3 is 6.09 Å². The Kier molecular flexibility index (Phi) is 6.50. The van der Waals surface area contributed by atoms with Crippen molar-refractivity contribution >= 4 is 6.09 Å². The summed E-state index contributed by atoms with van der Waals surface area (Å²) < 4.78 is 11.5. The highest BCUT2D eigenvalue weighted by Crippen LogP contribution is 2.38. The molecule has 0 aromatic heterocycles. The molecule has 0 unspecified atom stereocenters.